The van der Waals surface area contributed by atoms with Crippen LogP contribution in [0, 0.1) is 11.8 Å². The van der Waals surface area contributed by atoms with Gasteiger partial charge in [0.05, 0.1) is 19.3 Å². The molecule has 1 rings (SSSR count). The highest BCUT2D eigenvalue weighted by atomic mass is 16.5. The summed E-state index contributed by atoms with van der Waals surface area (Å²) in [6.07, 6.45) is 17.4. The maximum Gasteiger partial charge on any atom is 0.330 e. The van der Waals surface area contributed by atoms with Gasteiger partial charge in [0.2, 0.25) is 0 Å². The fourth-order valence-electron chi connectivity index (χ4n) is 3.89. The molecule has 0 saturated heterocycles. The Morgan fingerprint density at radius 3 is 2.44 bits per heavy atom. The van der Waals surface area contributed by atoms with Crippen LogP contribution in [-0.4, -0.2) is 49.2 Å². The normalized spacial score (nSPS) is 25.6. The molecule has 1 aliphatic rings. The van der Waals surface area contributed by atoms with Gasteiger partial charge in [-0.15, -0.1) is 0 Å². The summed E-state index contributed by atoms with van der Waals surface area (Å²) in [5, 5.41) is 19.2. The van der Waals surface area contributed by atoms with E-state index in [9.17, 15) is 9.90 Å². The Morgan fingerprint density at radius 2 is 1.74 bits per heavy atom. The number of hydrogen-bond acceptors (Lipinski definition) is 5. The molecule has 0 radical (unpaired) electrons. The van der Waals surface area contributed by atoms with Crippen molar-refractivity contribution in [1.82, 2.24) is 0 Å². The average molecular weight is 383 g/mol. The zero-order valence-electron chi connectivity index (χ0n) is 17.0. The van der Waals surface area contributed by atoms with Gasteiger partial charge in [-0.05, 0) is 44.4 Å². The Bertz CT molecular complexity index is 446. The van der Waals surface area contributed by atoms with E-state index >= 15 is 0 Å². The van der Waals surface area contributed by atoms with Crippen LogP contribution in [0.1, 0.15) is 64.2 Å². The Balaban J connectivity index is 2.38. The molecule has 0 aliphatic heterocycles. The van der Waals surface area contributed by atoms with Gasteiger partial charge in [0.1, 0.15) is 0 Å². The summed E-state index contributed by atoms with van der Waals surface area (Å²) in [5.41, 5.74) is 0. The molecule has 0 heterocycles. The Labute approximate surface area is 164 Å². The van der Waals surface area contributed by atoms with Gasteiger partial charge >= 0.3 is 5.97 Å². The van der Waals surface area contributed by atoms with Crippen LogP contribution in [0.25, 0.3) is 0 Å². The fourth-order valence-corrected chi connectivity index (χ4v) is 3.89. The van der Waals surface area contributed by atoms with E-state index in [0.717, 1.165) is 57.8 Å². The topological polar surface area (TPSA) is 76.0 Å². The summed E-state index contributed by atoms with van der Waals surface area (Å²) in [4.78, 5) is 11.0. The number of esters is 1. The largest absolute Gasteiger partial charge is 0.466 e. The lowest BCUT2D eigenvalue weighted by atomic mass is 9.88. The van der Waals surface area contributed by atoms with Crippen molar-refractivity contribution < 1.29 is 24.5 Å². The Kier molecular flexibility index (Phi) is 13.1. The number of unbranched alkanes of at least 4 members (excludes halogenated alkanes) is 6. The molecule has 1 aliphatic carbocycles. The predicted octanol–water partition coefficient (Wildman–Crippen LogP) is 3.79. The summed E-state index contributed by atoms with van der Waals surface area (Å²) in [6.45, 7) is 0.280. The van der Waals surface area contributed by atoms with E-state index in [1.165, 1.54) is 13.2 Å². The van der Waals surface area contributed by atoms with Gasteiger partial charge in [0.15, 0.2) is 0 Å². The molecule has 0 aromatic carbocycles. The van der Waals surface area contributed by atoms with Crippen molar-refractivity contribution in [2.45, 2.75) is 76.4 Å². The minimum Gasteiger partial charge on any atom is -0.466 e. The fraction of sp³-hybridized carbons (Fsp3) is 0.773. The highest BCUT2D eigenvalue weighted by Crippen LogP contribution is 2.38. The molecule has 0 aromatic heterocycles. The molecule has 2 N–H and O–H groups in total. The molecule has 27 heavy (non-hydrogen) atoms. The van der Waals surface area contributed by atoms with E-state index in [-0.39, 0.29) is 30.7 Å². The van der Waals surface area contributed by atoms with E-state index in [1.807, 2.05) is 6.08 Å². The molecule has 1 fully saturated rings. The summed E-state index contributed by atoms with van der Waals surface area (Å²) in [7, 11) is 3.11. The number of carbonyl (C=O) groups is 1. The standard InChI is InChI=1S/C22H38O5/c1-26-21-17-20(24)18(13-9-5-3-4-8-12-16-23)19(21)14-10-6-7-11-15-22(25)27-2/h9,11,13,15,18-21,23-24H,3-8,10,12,14,16-17H2,1-2H3/b13-9+,15-11?/t18-,19?,20-,21+/m1/s1. The number of aliphatic hydroxyl groups is 2. The van der Waals surface area contributed by atoms with Gasteiger partial charge in [-0.3, -0.25) is 0 Å². The van der Waals surface area contributed by atoms with Gasteiger partial charge in [0.25, 0.3) is 0 Å². The van der Waals surface area contributed by atoms with E-state index in [0.29, 0.717) is 12.3 Å². The Morgan fingerprint density at radius 1 is 1.04 bits per heavy atom. The second-order valence-corrected chi connectivity index (χ2v) is 7.38. The molecule has 0 aromatic rings. The lowest BCUT2D eigenvalue weighted by molar-refractivity contribution is -0.134. The van der Waals surface area contributed by atoms with Crippen LogP contribution in [-0.2, 0) is 14.3 Å². The van der Waals surface area contributed by atoms with E-state index in [2.05, 4.69) is 16.9 Å². The van der Waals surface area contributed by atoms with Gasteiger partial charge in [-0.25, -0.2) is 4.79 Å². The smallest absolute Gasteiger partial charge is 0.330 e. The average Bonchev–Trinajstić information content (AvgIpc) is 2.98. The predicted molar refractivity (Wildman–Crippen MR) is 107 cm³/mol. The first-order chi connectivity index (χ1) is 13.1. The highest BCUT2D eigenvalue weighted by molar-refractivity contribution is 5.81. The highest BCUT2D eigenvalue weighted by Gasteiger charge is 2.40. The van der Waals surface area contributed by atoms with Crippen molar-refractivity contribution in [1.29, 1.82) is 0 Å². The third-order valence-corrected chi connectivity index (χ3v) is 5.44. The molecule has 1 unspecified atom stereocenters. The summed E-state index contributed by atoms with van der Waals surface area (Å²) in [6, 6.07) is 0. The number of hydrogen-bond donors (Lipinski definition) is 2. The summed E-state index contributed by atoms with van der Waals surface area (Å²) in [5.74, 6) is 0.202. The number of allylic oxidation sites excluding steroid dienone is 2. The van der Waals surface area contributed by atoms with E-state index < -0.39 is 0 Å². The molecule has 0 bridgehead atoms. The quantitative estimate of drug-likeness (QED) is 0.207. The maximum atomic E-state index is 11.0. The molecule has 0 amide bonds. The first kappa shape index (κ1) is 23.9. The van der Waals surface area contributed by atoms with Crippen molar-refractivity contribution in [3.8, 4) is 0 Å². The molecule has 1 saturated carbocycles. The van der Waals surface area contributed by atoms with Gasteiger partial charge in [-0.2, -0.15) is 0 Å². The van der Waals surface area contributed by atoms with Crippen molar-refractivity contribution in [3.05, 3.63) is 24.3 Å². The lowest BCUT2D eigenvalue weighted by Gasteiger charge is -2.22. The van der Waals surface area contributed by atoms with Crippen LogP contribution in [0.2, 0.25) is 0 Å². The van der Waals surface area contributed by atoms with Crippen LogP contribution in [0.3, 0.4) is 0 Å². The lowest BCUT2D eigenvalue weighted by Crippen LogP contribution is -2.21. The van der Waals surface area contributed by atoms with Crippen LogP contribution in [0.4, 0.5) is 0 Å². The molecule has 5 heteroatoms. The molecule has 5 nitrogen and oxygen atoms in total. The van der Waals surface area contributed by atoms with Crippen molar-refractivity contribution >= 4 is 5.97 Å². The van der Waals surface area contributed by atoms with Gasteiger partial charge < -0.3 is 19.7 Å². The van der Waals surface area contributed by atoms with Crippen molar-refractivity contribution in [3.63, 3.8) is 0 Å². The molecule has 4 atom stereocenters. The van der Waals surface area contributed by atoms with Crippen molar-refractivity contribution in [2.75, 3.05) is 20.8 Å². The first-order valence-corrected chi connectivity index (χ1v) is 10.4. The minimum absolute atomic E-state index is 0.116. The molecular formula is C22H38O5. The number of rotatable bonds is 14. The number of ether oxygens (including phenoxy) is 2. The molecular weight excluding hydrogens is 344 g/mol. The third-order valence-electron chi connectivity index (χ3n) is 5.44. The van der Waals surface area contributed by atoms with E-state index in [4.69, 9.17) is 9.84 Å². The molecule has 156 valence electrons. The first-order valence-electron chi connectivity index (χ1n) is 10.4. The van der Waals surface area contributed by atoms with E-state index in [1.54, 1.807) is 7.11 Å². The third kappa shape index (κ3) is 9.54. The molecule has 0 spiro atoms. The number of methoxy groups -OCH3 is 2. The van der Waals surface area contributed by atoms with Gasteiger partial charge in [-0.1, -0.05) is 37.5 Å². The van der Waals surface area contributed by atoms with Crippen LogP contribution in [0.15, 0.2) is 24.3 Å². The van der Waals surface area contributed by atoms with Crippen LogP contribution < -0.4 is 0 Å². The monoisotopic (exact) mass is 382 g/mol. The summed E-state index contributed by atoms with van der Waals surface area (Å²) < 4.78 is 10.2. The maximum absolute atomic E-state index is 11.0. The summed E-state index contributed by atoms with van der Waals surface area (Å²) >= 11 is 0. The minimum atomic E-state index is -0.329. The Hall–Kier alpha value is -1.17. The van der Waals surface area contributed by atoms with Gasteiger partial charge in [0, 0.05) is 32.1 Å². The number of aliphatic hydroxyl groups excluding tert-OH is 2. The van der Waals surface area contributed by atoms with Crippen LogP contribution in [0.5, 0.6) is 0 Å². The second-order valence-electron chi connectivity index (χ2n) is 7.38. The zero-order valence-corrected chi connectivity index (χ0v) is 17.0. The second kappa shape index (κ2) is 14.8. The number of carbonyl (C=O) groups excluding carboxylic acids is 1. The SMILES string of the molecule is COC(=O)C=CCCCCC1[C@@H](OC)C[C@@H](O)[C@@H]1/C=C/CCCCCCO. The zero-order chi connectivity index (χ0) is 19.9. The van der Waals surface area contributed by atoms with Crippen LogP contribution >= 0.6 is 0 Å². The van der Waals surface area contributed by atoms with Crippen molar-refractivity contribution in [2.24, 2.45) is 11.8 Å².